The summed E-state index contributed by atoms with van der Waals surface area (Å²) in [4.78, 5) is 0. The molecule has 1 heteroatoms. The average Bonchev–Trinajstić information content (AvgIpc) is 2.42. The Balaban J connectivity index is 2.45. The van der Waals surface area contributed by atoms with Gasteiger partial charge in [0.25, 0.3) is 0 Å². The highest BCUT2D eigenvalue weighted by atomic mass is 14.8. The van der Waals surface area contributed by atoms with Gasteiger partial charge in [-0.05, 0) is 30.9 Å². The fourth-order valence-corrected chi connectivity index (χ4v) is 1.82. The molecule has 3 atom stereocenters. The Hall–Kier alpha value is -0.460. The number of hydrogen-bond donors (Lipinski definition) is 1. The monoisotopic (exact) mass is 139 g/mol. The number of hydrogen-bond acceptors (Lipinski definition) is 1. The average molecular weight is 139 g/mol. The molecule has 0 bridgehead atoms. The second-order valence-corrected chi connectivity index (χ2v) is 3.42. The van der Waals surface area contributed by atoms with Crippen LogP contribution in [-0.4, -0.2) is 7.05 Å². The molecule has 1 rings (SSSR count). The molecular formula is C9H17N. The van der Waals surface area contributed by atoms with Gasteiger partial charge in [0, 0.05) is 7.05 Å². The van der Waals surface area contributed by atoms with Gasteiger partial charge >= 0.3 is 0 Å². The van der Waals surface area contributed by atoms with E-state index >= 15 is 0 Å². The molecule has 1 unspecified atom stereocenters. The molecule has 1 saturated carbocycles. The Bertz CT molecular complexity index is 141. The summed E-state index contributed by atoms with van der Waals surface area (Å²) >= 11 is 0. The quantitative estimate of drug-likeness (QED) is 0.617. The van der Waals surface area contributed by atoms with Crippen LogP contribution >= 0.6 is 0 Å². The van der Waals surface area contributed by atoms with Crippen molar-refractivity contribution >= 4 is 0 Å². The zero-order valence-corrected chi connectivity index (χ0v) is 7.31. The van der Waals surface area contributed by atoms with Crippen molar-refractivity contribution in [3.63, 3.8) is 0 Å². The second-order valence-electron chi connectivity index (χ2n) is 3.42. The van der Waals surface area contributed by atoms with E-state index in [0.717, 1.165) is 17.8 Å². The zero-order valence-electron chi connectivity index (χ0n) is 7.31. The van der Waals surface area contributed by atoms with Crippen LogP contribution in [0, 0.1) is 17.8 Å². The van der Waals surface area contributed by atoms with Crippen molar-refractivity contribution in [1.29, 1.82) is 0 Å². The second kappa shape index (κ2) is 2.65. The molecule has 0 aliphatic heterocycles. The van der Waals surface area contributed by atoms with Gasteiger partial charge in [-0.25, -0.2) is 0 Å². The first-order valence-electron chi connectivity index (χ1n) is 4.02. The lowest BCUT2D eigenvalue weighted by Crippen LogP contribution is -1.96. The molecule has 1 aliphatic carbocycles. The van der Waals surface area contributed by atoms with Gasteiger partial charge in [0.1, 0.15) is 0 Å². The summed E-state index contributed by atoms with van der Waals surface area (Å²) in [5.74, 6) is 2.67. The third kappa shape index (κ3) is 1.18. The van der Waals surface area contributed by atoms with E-state index in [4.69, 9.17) is 0 Å². The fraction of sp³-hybridized carbons (Fsp3) is 0.778. The van der Waals surface area contributed by atoms with Gasteiger partial charge in [-0.15, -0.1) is 0 Å². The first-order valence-corrected chi connectivity index (χ1v) is 4.02. The lowest BCUT2D eigenvalue weighted by atomic mass is 10.2. The fourth-order valence-electron chi connectivity index (χ4n) is 1.82. The van der Waals surface area contributed by atoms with Crippen LogP contribution in [0.2, 0.25) is 0 Å². The van der Waals surface area contributed by atoms with Crippen LogP contribution < -0.4 is 5.32 Å². The van der Waals surface area contributed by atoms with Gasteiger partial charge in [-0.3, -0.25) is 0 Å². The van der Waals surface area contributed by atoms with Crippen LogP contribution in [-0.2, 0) is 0 Å². The summed E-state index contributed by atoms with van der Waals surface area (Å²) in [5.41, 5.74) is 1.50. The van der Waals surface area contributed by atoms with Crippen molar-refractivity contribution in [3.05, 3.63) is 11.8 Å². The van der Waals surface area contributed by atoms with Crippen LogP contribution in [0.25, 0.3) is 0 Å². The van der Waals surface area contributed by atoms with E-state index in [0.29, 0.717) is 0 Å². The highest BCUT2D eigenvalue weighted by Crippen LogP contribution is 2.49. The van der Waals surface area contributed by atoms with Crippen molar-refractivity contribution in [2.45, 2.75) is 20.8 Å². The summed E-state index contributed by atoms with van der Waals surface area (Å²) in [7, 11) is 1.96. The Morgan fingerprint density at radius 2 is 1.80 bits per heavy atom. The zero-order chi connectivity index (χ0) is 7.72. The molecule has 0 aromatic carbocycles. The Kier molecular flexibility index (Phi) is 2.02. The highest BCUT2D eigenvalue weighted by molar-refractivity contribution is 5.14. The number of rotatable bonds is 2. The lowest BCUT2D eigenvalue weighted by Gasteiger charge is -1.96. The molecule has 0 spiro atoms. The number of allylic oxidation sites excluding steroid dienone is 1. The molecule has 1 fully saturated rings. The van der Waals surface area contributed by atoms with Crippen LogP contribution in [0.4, 0.5) is 0 Å². The molecule has 0 heterocycles. The maximum atomic E-state index is 3.07. The normalized spacial score (nSPS) is 39.6. The topological polar surface area (TPSA) is 12.0 Å². The molecule has 0 saturated heterocycles. The predicted octanol–water partition coefficient (Wildman–Crippen LogP) is 2.01. The van der Waals surface area contributed by atoms with Crippen LogP contribution in [0.3, 0.4) is 0 Å². The van der Waals surface area contributed by atoms with Gasteiger partial charge < -0.3 is 5.32 Å². The Morgan fingerprint density at radius 1 is 1.30 bits per heavy atom. The lowest BCUT2D eigenvalue weighted by molar-refractivity contribution is 0.834. The SMILES string of the molecule is CN/C=C(\C)[C@@H]1C(C)[C@@H]1C. The molecule has 1 nitrogen and oxygen atoms in total. The summed E-state index contributed by atoms with van der Waals surface area (Å²) in [6.45, 7) is 6.85. The van der Waals surface area contributed by atoms with E-state index < -0.39 is 0 Å². The maximum Gasteiger partial charge on any atom is 0.00276 e. The van der Waals surface area contributed by atoms with Gasteiger partial charge in [-0.1, -0.05) is 19.4 Å². The first kappa shape index (κ1) is 7.64. The number of nitrogens with one attached hydrogen (secondary N) is 1. The van der Waals surface area contributed by atoms with E-state index in [9.17, 15) is 0 Å². The molecule has 1 aliphatic rings. The molecule has 0 aromatic heterocycles. The van der Waals surface area contributed by atoms with Crippen LogP contribution in [0.1, 0.15) is 20.8 Å². The van der Waals surface area contributed by atoms with Crippen molar-refractivity contribution in [2.75, 3.05) is 7.05 Å². The Morgan fingerprint density at radius 3 is 2.10 bits per heavy atom. The molecule has 0 aromatic rings. The van der Waals surface area contributed by atoms with Crippen molar-refractivity contribution in [1.82, 2.24) is 5.32 Å². The summed E-state index contributed by atoms with van der Waals surface area (Å²) < 4.78 is 0. The standard InChI is InChI=1S/C9H17N/c1-6(5-10-4)9-7(2)8(9)3/h5,7-10H,1-4H3/b6-5+/t7-,8?,9-/m0/s1. The van der Waals surface area contributed by atoms with E-state index in [1.807, 2.05) is 7.05 Å². The predicted molar refractivity (Wildman–Crippen MR) is 44.6 cm³/mol. The first-order chi connectivity index (χ1) is 4.68. The molecule has 58 valence electrons. The molecular weight excluding hydrogens is 122 g/mol. The largest absolute Gasteiger partial charge is 0.394 e. The van der Waals surface area contributed by atoms with Crippen molar-refractivity contribution in [3.8, 4) is 0 Å². The van der Waals surface area contributed by atoms with E-state index in [1.165, 1.54) is 5.57 Å². The minimum Gasteiger partial charge on any atom is -0.394 e. The molecule has 0 amide bonds. The minimum atomic E-state index is 0.854. The van der Waals surface area contributed by atoms with Gasteiger partial charge in [0.2, 0.25) is 0 Å². The van der Waals surface area contributed by atoms with Crippen LogP contribution in [0.15, 0.2) is 11.8 Å². The van der Waals surface area contributed by atoms with Crippen molar-refractivity contribution < 1.29 is 0 Å². The van der Waals surface area contributed by atoms with Crippen LogP contribution in [0.5, 0.6) is 0 Å². The summed E-state index contributed by atoms with van der Waals surface area (Å²) in [6, 6.07) is 0. The summed E-state index contributed by atoms with van der Waals surface area (Å²) in [5, 5.41) is 3.07. The highest BCUT2D eigenvalue weighted by Gasteiger charge is 2.43. The smallest absolute Gasteiger partial charge is 0.00276 e. The third-order valence-corrected chi connectivity index (χ3v) is 2.72. The molecule has 1 N–H and O–H groups in total. The van der Waals surface area contributed by atoms with E-state index in [2.05, 4.69) is 32.3 Å². The van der Waals surface area contributed by atoms with Gasteiger partial charge in [0.15, 0.2) is 0 Å². The Labute approximate surface area is 63.5 Å². The van der Waals surface area contributed by atoms with E-state index in [-0.39, 0.29) is 0 Å². The van der Waals surface area contributed by atoms with Gasteiger partial charge in [-0.2, -0.15) is 0 Å². The summed E-state index contributed by atoms with van der Waals surface area (Å²) in [6.07, 6.45) is 2.12. The van der Waals surface area contributed by atoms with Crippen molar-refractivity contribution in [2.24, 2.45) is 17.8 Å². The molecule has 0 radical (unpaired) electrons. The molecule has 10 heavy (non-hydrogen) atoms. The van der Waals surface area contributed by atoms with E-state index in [1.54, 1.807) is 0 Å². The van der Waals surface area contributed by atoms with Gasteiger partial charge in [0.05, 0.1) is 0 Å². The minimum absolute atomic E-state index is 0.854. The third-order valence-electron chi connectivity index (χ3n) is 2.72. The maximum absolute atomic E-state index is 3.07.